The first-order chi connectivity index (χ1) is 8.65. The van der Waals surface area contributed by atoms with Crippen LogP contribution < -0.4 is 5.32 Å². The van der Waals surface area contributed by atoms with Crippen molar-refractivity contribution in [1.29, 1.82) is 0 Å². The first-order valence-electron chi connectivity index (χ1n) is 7.37. The molecule has 2 saturated heterocycles. The van der Waals surface area contributed by atoms with E-state index >= 15 is 0 Å². The van der Waals surface area contributed by atoms with Gasteiger partial charge >= 0.3 is 0 Å². The van der Waals surface area contributed by atoms with E-state index in [4.69, 9.17) is 4.74 Å². The SMILES string of the molecule is CC(C)N1CCC(CO)(NCC2CCCO2)CC1. The van der Waals surface area contributed by atoms with Crippen molar-refractivity contribution in [3.8, 4) is 0 Å². The number of rotatable bonds is 5. The quantitative estimate of drug-likeness (QED) is 0.770. The van der Waals surface area contributed by atoms with E-state index in [1.54, 1.807) is 0 Å². The lowest BCUT2D eigenvalue weighted by Gasteiger charge is -2.43. The zero-order chi connectivity index (χ0) is 13.0. The topological polar surface area (TPSA) is 44.7 Å². The Bertz CT molecular complexity index is 244. The first-order valence-corrected chi connectivity index (χ1v) is 7.37. The second kappa shape index (κ2) is 6.33. The second-order valence-electron chi connectivity index (χ2n) is 6.08. The number of nitrogens with one attached hydrogen (secondary N) is 1. The van der Waals surface area contributed by atoms with Crippen LogP contribution in [-0.2, 0) is 4.74 Å². The molecule has 2 heterocycles. The zero-order valence-corrected chi connectivity index (χ0v) is 11.8. The number of nitrogens with zero attached hydrogens (tertiary/aromatic N) is 1. The molecule has 0 aromatic carbocycles. The third-order valence-electron chi connectivity index (χ3n) is 4.52. The Labute approximate surface area is 111 Å². The molecule has 2 aliphatic rings. The Kier molecular flexibility index (Phi) is 5.01. The van der Waals surface area contributed by atoms with Gasteiger partial charge < -0.3 is 20.1 Å². The van der Waals surface area contributed by atoms with Crippen LogP contribution >= 0.6 is 0 Å². The summed E-state index contributed by atoms with van der Waals surface area (Å²) >= 11 is 0. The predicted molar refractivity (Wildman–Crippen MR) is 72.7 cm³/mol. The average Bonchev–Trinajstić information content (AvgIpc) is 2.90. The minimum Gasteiger partial charge on any atom is -0.394 e. The lowest BCUT2D eigenvalue weighted by Crippen LogP contribution is -2.58. The molecule has 0 aliphatic carbocycles. The van der Waals surface area contributed by atoms with Gasteiger partial charge in [-0.3, -0.25) is 0 Å². The standard InChI is InChI=1S/C14H28N2O2/c1-12(2)16-7-5-14(11-17,6-8-16)15-10-13-4-3-9-18-13/h12-13,15,17H,3-11H2,1-2H3. The van der Waals surface area contributed by atoms with Crippen molar-refractivity contribution < 1.29 is 9.84 Å². The number of hydrogen-bond donors (Lipinski definition) is 2. The molecule has 4 heteroatoms. The lowest BCUT2D eigenvalue weighted by atomic mass is 9.87. The van der Waals surface area contributed by atoms with Crippen LogP contribution in [0.5, 0.6) is 0 Å². The fourth-order valence-corrected chi connectivity index (χ4v) is 2.99. The summed E-state index contributed by atoms with van der Waals surface area (Å²) in [5.41, 5.74) is -0.0721. The van der Waals surface area contributed by atoms with E-state index in [1.807, 2.05) is 0 Å². The van der Waals surface area contributed by atoms with Gasteiger partial charge in [0.05, 0.1) is 12.7 Å². The van der Waals surface area contributed by atoms with E-state index in [0.29, 0.717) is 12.1 Å². The van der Waals surface area contributed by atoms with Crippen molar-refractivity contribution in [2.45, 2.75) is 57.2 Å². The summed E-state index contributed by atoms with van der Waals surface area (Å²) < 4.78 is 5.64. The van der Waals surface area contributed by atoms with Gasteiger partial charge in [-0.15, -0.1) is 0 Å². The summed E-state index contributed by atoms with van der Waals surface area (Å²) in [6.07, 6.45) is 4.77. The molecule has 0 saturated carbocycles. The van der Waals surface area contributed by atoms with Crippen molar-refractivity contribution in [1.82, 2.24) is 10.2 Å². The molecule has 0 spiro atoms. The maximum atomic E-state index is 9.72. The van der Waals surface area contributed by atoms with Crippen LogP contribution in [0.2, 0.25) is 0 Å². The summed E-state index contributed by atoms with van der Waals surface area (Å²) in [6.45, 7) is 8.68. The molecule has 1 unspecified atom stereocenters. The van der Waals surface area contributed by atoms with E-state index in [9.17, 15) is 5.11 Å². The van der Waals surface area contributed by atoms with E-state index in [2.05, 4.69) is 24.1 Å². The summed E-state index contributed by atoms with van der Waals surface area (Å²) in [4.78, 5) is 2.49. The highest BCUT2D eigenvalue weighted by Gasteiger charge is 2.35. The van der Waals surface area contributed by atoms with Gasteiger partial charge in [0.1, 0.15) is 0 Å². The molecule has 2 rings (SSSR count). The van der Waals surface area contributed by atoms with Crippen molar-refractivity contribution >= 4 is 0 Å². The number of piperidine rings is 1. The third-order valence-corrected chi connectivity index (χ3v) is 4.52. The molecule has 4 nitrogen and oxygen atoms in total. The van der Waals surface area contributed by atoms with E-state index in [0.717, 1.165) is 45.5 Å². The highest BCUT2D eigenvalue weighted by Crippen LogP contribution is 2.24. The van der Waals surface area contributed by atoms with Crippen LogP contribution in [0, 0.1) is 0 Å². The van der Waals surface area contributed by atoms with Gasteiger partial charge in [-0.1, -0.05) is 0 Å². The summed E-state index contributed by atoms with van der Waals surface area (Å²) in [5, 5.41) is 13.3. The highest BCUT2D eigenvalue weighted by molar-refractivity contribution is 4.94. The number of aliphatic hydroxyl groups is 1. The molecule has 2 aliphatic heterocycles. The van der Waals surface area contributed by atoms with E-state index < -0.39 is 0 Å². The summed E-state index contributed by atoms with van der Waals surface area (Å²) in [6, 6.07) is 0.611. The Morgan fingerprint density at radius 3 is 2.61 bits per heavy atom. The third kappa shape index (κ3) is 3.44. The molecule has 0 bridgehead atoms. The number of likely N-dealkylation sites (tertiary alicyclic amines) is 1. The van der Waals surface area contributed by atoms with Crippen LogP contribution in [0.15, 0.2) is 0 Å². The zero-order valence-electron chi connectivity index (χ0n) is 11.8. The molecule has 2 fully saturated rings. The highest BCUT2D eigenvalue weighted by atomic mass is 16.5. The molecule has 0 radical (unpaired) electrons. The fourth-order valence-electron chi connectivity index (χ4n) is 2.99. The molecular formula is C14H28N2O2. The molecule has 0 aromatic rings. The molecular weight excluding hydrogens is 228 g/mol. The van der Waals surface area contributed by atoms with Gasteiger partial charge in [-0.25, -0.2) is 0 Å². The van der Waals surface area contributed by atoms with Gasteiger partial charge in [0, 0.05) is 37.8 Å². The molecule has 2 N–H and O–H groups in total. The normalized spacial score (nSPS) is 29.0. The van der Waals surface area contributed by atoms with Crippen LogP contribution in [0.4, 0.5) is 0 Å². The number of ether oxygens (including phenoxy) is 1. The fraction of sp³-hybridized carbons (Fsp3) is 1.00. The largest absolute Gasteiger partial charge is 0.394 e. The maximum absolute atomic E-state index is 9.72. The monoisotopic (exact) mass is 256 g/mol. The lowest BCUT2D eigenvalue weighted by molar-refractivity contribution is 0.0465. The number of hydrogen-bond acceptors (Lipinski definition) is 4. The van der Waals surface area contributed by atoms with Gasteiger partial charge in [-0.05, 0) is 39.5 Å². The van der Waals surface area contributed by atoms with Crippen molar-refractivity contribution in [2.75, 3.05) is 32.8 Å². The van der Waals surface area contributed by atoms with Crippen LogP contribution in [0.25, 0.3) is 0 Å². The van der Waals surface area contributed by atoms with Gasteiger partial charge in [0.2, 0.25) is 0 Å². The maximum Gasteiger partial charge on any atom is 0.0700 e. The molecule has 0 aromatic heterocycles. The number of aliphatic hydroxyl groups excluding tert-OH is 1. The Hall–Kier alpha value is -0.160. The minimum atomic E-state index is -0.0721. The van der Waals surface area contributed by atoms with E-state index in [1.165, 1.54) is 6.42 Å². The van der Waals surface area contributed by atoms with Crippen LogP contribution in [-0.4, -0.2) is 60.5 Å². The first kappa shape index (κ1) is 14.3. The Balaban J connectivity index is 1.80. The second-order valence-corrected chi connectivity index (χ2v) is 6.08. The molecule has 106 valence electrons. The molecule has 18 heavy (non-hydrogen) atoms. The molecule has 0 amide bonds. The van der Waals surface area contributed by atoms with Crippen molar-refractivity contribution in [2.24, 2.45) is 0 Å². The van der Waals surface area contributed by atoms with Gasteiger partial charge in [0.15, 0.2) is 0 Å². The van der Waals surface area contributed by atoms with Crippen LogP contribution in [0.3, 0.4) is 0 Å². The summed E-state index contributed by atoms with van der Waals surface area (Å²) in [7, 11) is 0. The molecule has 1 atom stereocenters. The van der Waals surface area contributed by atoms with Crippen molar-refractivity contribution in [3.05, 3.63) is 0 Å². The average molecular weight is 256 g/mol. The Morgan fingerprint density at radius 1 is 1.39 bits per heavy atom. The smallest absolute Gasteiger partial charge is 0.0700 e. The Morgan fingerprint density at radius 2 is 2.11 bits per heavy atom. The van der Waals surface area contributed by atoms with Gasteiger partial charge in [-0.2, -0.15) is 0 Å². The van der Waals surface area contributed by atoms with Crippen molar-refractivity contribution in [3.63, 3.8) is 0 Å². The minimum absolute atomic E-state index is 0.0721. The summed E-state index contributed by atoms with van der Waals surface area (Å²) in [5.74, 6) is 0. The van der Waals surface area contributed by atoms with Crippen LogP contribution in [0.1, 0.15) is 39.5 Å². The van der Waals surface area contributed by atoms with E-state index in [-0.39, 0.29) is 12.1 Å². The predicted octanol–water partition coefficient (Wildman–Crippen LogP) is 0.990. The van der Waals surface area contributed by atoms with Gasteiger partial charge in [0.25, 0.3) is 0 Å².